The molecule has 0 bridgehead atoms. The van der Waals surface area contributed by atoms with E-state index in [1.807, 2.05) is 41.5 Å². The van der Waals surface area contributed by atoms with Crippen LogP contribution in [0.1, 0.15) is 137 Å². The second kappa shape index (κ2) is 27.5. The van der Waals surface area contributed by atoms with Crippen molar-refractivity contribution in [2.75, 3.05) is 26.7 Å². The van der Waals surface area contributed by atoms with Gasteiger partial charge >= 0.3 is 6.09 Å². The predicted octanol–water partition coefficient (Wildman–Crippen LogP) is 8.48. The predicted molar refractivity (Wildman–Crippen MR) is 198 cm³/mol. The molecule has 0 radical (unpaired) electrons. The summed E-state index contributed by atoms with van der Waals surface area (Å²) in [4.78, 5) is 54.4. The molecule has 11 heteroatoms. The number of likely N-dealkylation sites (tertiary alicyclic amines) is 1. The molecule has 2 N–H and O–H groups in total. The third kappa shape index (κ3) is 20.0. The van der Waals surface area contributed by atoms with Crippen molar-refractivity contribution < 1.29 is 29.0 Å². The van der Waals surface area contributed by atoms with Crippen LogP contribution >= 0.6 is 11.3 Å². The van der Waals surface area contributed by atoms with Crippen LogP contribution in [0.15, 0.2) is 35.2 Å². The average Bonchev–Trinajstić information content (AvgIpc) is 3.85. The maximum atomic E-state index is 12.0. The normalized spacial score (nSPS) is 13.7. The quantitative estimate of drug-likeness (QED) is 0.291. The molecule has 1 atom stereocenters. The lowest BCUT2D eigenvalue weighted by Gasteiger charge is -2.28. The maximum absolute atomic E-state index is 12.0. The standard InChI is InChI=1S/C15H27N3O4.C10H7NO2S.C6H12.3C2H6/c1-11(17(5)14(21)22-15(2,3)4)13(20)16-10-12(19)18-8-6-7-9-18;12-8-3-1-2-7(4-8)10(13)9-5-14-6-11-9;1-2-4-6-5-3-1;3*1-2/h11H,6-10H2,1-5H3,(H,16,20);1-6,12H;1-6H2;3*1-2H3. The maximum Gasteiger partial charge on any atom is 0.410 e. The second-order valence-electron chi connectivity index (χ2n) is 11.4. The molecule has 1 saturated heterocycles. The molecule has 2 fully saturated rings. The fourth-order valence-corrected chi connectivity index (χ4v) is 4.77. The third-order valence-electron chi connectivity index (χ3n) is 6.79. The molecule has 2 aromatic rings. The Bertz CT molecular complexity index is 1130. The summed E-state index contributed by atoms with van der Waals surface area (Å²) in [5.41, 5.74) is 1.86. The number of rotatable bonds is 6. The number of phenols is 1. The lowest BCUT2D eigenvalue weighted by atomic mass is 10.0. The summed E-state index contributed by atoms with van der Waals surface area (Å²) < 4.78 is 5.21. The number of thiazole rings is 1. The highest BCUT2D eigenvalue weighted by Crippen LogP contribution is 2.16. The number of ether oxygens (including phenoxy) is 1. The van der Waals surface area contributed by atoms with Gasteiger partial charge in [0.1, 0.15) is 23.1 Å². The van der Waals surface area contributed by atoms with Crippen LogP contribution in [0.25, 0.3) is 0 Å². The van der Waals surface area contributed by atoms with E-state index in [1.165, 1.54) is 73.9 Å². The first-order valence-electron chi connectivity index (χ1n) is 17.6. The van der Waals surface area contributed by atoms with Crippen molar-refractivity contribution in [2.45, 2.75) is 132 Å². The molecular weight excluding hydrogens is 628 g/mol. The van der Waals surface area contributed by atoms with Gasteiger partial charge in [-0.2, -0.15) is 0 Å². The van der Waals surface area contributed by atoms with E-state index < -0.39 is 17.7 Å². The third-order valence-corrected chi connectivity index (χ3v) is 7.37. The van der Waals surface area contributed by atoms with Crippen molar-refractivity contribution in [3.63, 3.8) is 0 Å². The molecular formula is C37H64N4O6S. The molecule has 2 heterocycles. The van der Waals surface area contributed by atoms with Gasteiger partial charge < -0.3 is 20.1 Å². The van der Waals surface area contributed by atoms with E-state index in [0.717, 1.165) is 25.9 Å². The number of carbonyl (C=O) groups excluding carboxylic acids is 4. The highest BCUT2D eigenvalue weighted by atomic mass is 32.1. The zero-order chi connectivity index (χ0) is 37.1. The first-order chi connectivity index (χ1) is 22.9. The van der Waals surface area contributed by atoms with Gasteiger partial charge in [-0.15, -0.1) is 11.3 Å². The first-order valence-corrected chi connectivity index (χ1v) is 18.6. The van der Waals surface area contributed by atoms with E-state index in [-0.39, 0.29) is 29.9 Å². The van der Waals surface area contributed by atoms with Crippen LogP contribution in [-0.4, -0.2) is 81.9 Å². The molecule has 3 amide bonds. The summed E-state index contributed by atoms with van der Waals surface area (Å²) in [5.74, 6) is -0.535. The van der Waals surface area contributed by atoms with Gasteiger partial charge in [0.15, 0.2) is 0 Å². The van der Waals surface area contributed by atoms with Gasteiger partial charge in [0, 0.05) is 31.1 Å². The molecule has 274 valence electrons. The van der Waals surface area contributed by atoms with E-state index >= 15 is 0 Å². The molecule has 2 aliphatic rings. The molecule has 1 saturated carbocycles. The Labute approximate surface area is 294 Å². The number of benzene rings is 1. The van der Waals surface area contributed by atoms with Crippen LogP contribution in [0.5, 0.6) is 5.75 Å². The van der Waals surface area contributed by atoms with Crippen molar-refractivity contribution >= 4 is 35.0 Å². The van der Waals surface area contributed by atoms with Gasteiger partial charge in [-0.25, -0.2) is 9.78 Å². The molecule has 4 rings (SSSR count). The Hall–Kier alpha value is -3.47. The van der Waals surface area contributed by atoms with Gasteiger partial charge in [0.25, 0.3) is 0 Å². The van der Waals surface area contributed by atoms with Crippen molar-refractivity contribution in [3.05, 3.63) is 46.4 Å². The van der Waals surface area contributed by atoms with Crippen molar-refractivity contribution in [3.8, 4) is 5.75 Å². The highest BCUT2D eigenvalue weighted by Gasteiger charge is 2.27. The van der Waals surface area contributed by atoms with E-state index in [0.29, 0.717) is 11.3 Å². The van der Waals surface area contributed by atoms with Gasteiger partial charge in [-0.3, -0.25) is 19.3 Å². The summed E-state index contributed by atoms with van der Waals surface area (Å²) >= 11 is 1.37. The molecule has 1 aliphatic heterocycles. The summed E-state index contributed by atoms with van der Waals surface area (Å²) in [6.07, 6.45) is 10.5. The number of aromatic hydroxyl groups is 1. The van der Waals surface area contributed by atoms with E-state index in [1.54, 1.807) is 55.6 Å². The van der Waals surface area contributed by atoms with E-state index in [2.05, 4.69) is 10.3 Å². The fraction of sp³-hybridized carbons (Fsp3) is 0.649. The number of nitrogens with one attached hydrogen (secondary N) is 1. The van der Waals surface area contributed by atoms with E-state index in [4.69, 9.17) is 4.74 Å². The number of aromatic nitrogens is 1. The van der Waals surface area contributed by atoms with Gasteiger partial charge in [0.2, 0.25) is 17.6 Å². The minimum absolute atomic E-state index is 0.0364. The van der Waals surface area contributed by atoms with Gasteiger partial charge in [-0.1, -0.05) is 92.2 Å². The number of nitrogens with zero attached hydrogens (tertiary/aromatic N) is 3. The zero-order valence-corrected chi connectivity index (χ0v) is 32.4. The van der Waals surface area contributed by atoms with E-state index in [9.17, 15) is 24.3 Å². The molecule has 1 aromatic carbocycles. The zero-order valence-electron chi connectivity index (χ0n) is 31.6. The lowest BCUT2D eigenvalue weighted by Crippen LogP contribution is -2.49. The largest absolute Gasteiger partial charge is 0.508 e. The monoisotopic (exact) mass is 692 g/mol. The minimum Gasteiger partial charge on any atom is -0.508 e. The summed E-state index contributed by atoms with van der Waals surface area (Å²) in [6.45, 7) is 20.4. The fourth-order valence-electron chi connectivity index (χ4n) is 4.24. The molecule has 1 aliphatic carbocycles. The molecule has 1 aromatic heterocycles. The highest BCUT2D eigenvalue weighted by molar-refractivity contribution is 7.07. The van der Waals surface area contributed by atoms with Gasteiger partial charge in [0.05, 0.1) is 12.1 Å². The Morgan fingerprint density at radius 3 is 1.90 bits per heavy atom. The number of phenolic OH excluding ortho intramolecular Hbond substituents is 1. The Kier molecular flexibility index (Phi) is 26.7. The molecule has 48 heavy (non-hydrogen) atoms. The molecule has 1 unspecified atom stereocenters. The van der Waals surface area contributed by atoms with Crippen LogP contribution in [0.4, 0.5) is 4.79 Å². The summed E-state index contributed by atoms with van der Waals surface area (Å²) in [5, 5.41) is 13.5. The lowest BCUT2D eigenvalue weighted by molar-refractivity contribution is -0.133. The second-order valence-corrected chi connectivity index (χ2v) is 12.2. The number of likely N-dealkylation sites (N-methyl/N-ethyl adjacent to an activating group) is 1. The number of amides is 3. The topological polar surface area (TPSA) is 129 Å². The van der Waals surface area contributed by atoms with Crippen LogP contribution in [0.2, 0.25) is 0 Å². The number of carbonyl (C=O) groups is 4. The Morgan fingerprint density at radius 1 is 0.938 bits per heavy atom. The minimum atomic E-state index is -0.707. The van der Waals surface area contributed by atoms with Crippen LogP contribution in [-0.2, 0) is 14.3 Å². The summed E-state index contributed by atoms with van der Waals surface area (Å²) in [6, 6.07) is 5.54. The number of ketones is 1. The van der Waals surface area contributed by atoms with Crippen molar-refractivity contribution in [1.82, 2.24) is 20.1 Å². The molecule has 0 spiro atoms. The molecule has 10 nitrogen and oxygen atoms in total. The van der Waals surface area contributed by atoms with Crippen LogP contribution in [0, 0.1) is 0 Å². The smallest absolute Gasteiger partial charge is 0.410 e. The van der Waals surface area contributed by atoms with Crippen LogP contribution in [0.3, 0.4) is 0 Å². The number of hydrogen-bond donors (Lipinski definition) is 2. The van der Waals surface area contributed by atoms with Crippen LogP contribution < -0.4 is 5.32 Å². The van der Waals surface area contributed by atoms with Crippen molar-refractivity contribution in [1.29, 1.82) is 0 Å². The summed E-state index contributed by atoms with van der Waals surface area (Å²) in [7, 11) is 1.50. The Morgan fingerprint density at radius 2 is 1.46 bits per heavy atom. The Balaban J connectivity index is 0. The average molecular weight is 693 g/mol. The van der Waals surface area contributed by atoms with Crippen molar-refractivity contribution in [2.24, 2.45) is 0 Å². The SMILES string of the molecule is C1CCCCC1.CC.CC.CC.CC(C(=O)NCC(=O)N1CCCC1)N(C)C(=O)OC(C)(C)C.O=C(c1cccc(O)c1)c1cscn1. The number of hydrogen-bond acceptors (Lipinski definition) is 8. The van der Waals surface area contributed by atoms with Gasteiger partial charge in [-0.05, 0) is 52.7 Å². The first kappa shape index (κ1) is 46.6.